The molecule has 1 aromatic heterocycles. The fraction of sp³-hybridized carbons (Fsp3) is 0.143. The molecule has 5 heteroatoms. The Morgan fingerprint density at radius 2 is 2.00 bits per heavy atom. The number of ketones is 1. The molecular formula is C14H15N3O2. The van der Waals surface area contributed by atoms with Gasteiger partial charge >= 0.3 is 0 Å². The van der Waals surface area contributed by atoms with Crippen molar-refractivity contribution < 1.29 is 9.53 Å². The Bertz CT molecular complexity index is 618. The maximum absolute atomic E-state index is 12.5. The Labute approximate surface area is 111 Å². The molecule has 0 unspecified atom stereocenters. The highest BCUT2D eigenvalue weighted by Gasteiger charge is 2.18. The molecule has 4 N–H and O–H groups in total. The molecule has 0 saturated carbocycles. The van der Waals surface area contributed by atoms with Gasteiger partial charge in [-0.2, -0.15) is 0 Å². The first-order valence-electron chi connectivity index (χ1n) is 5.74. The summed E-state index contributed by atoms with van der Waals surface area (Å²) in [6, 6.07) is 6.67. The third-order valence-corrected chi connectivity index (χ3v) is 2.92. The van der Waals surface area contributed by atoms with Gasteiger partial charge in [0.2, 0.25) is 0 Å². The summed E-state index contributed by atoms with van der Waals surface area (Å²) < 4.78 is 5.10. The van der Waals surface area contributed by atoms with Crippen molar-refractivity contribution in [2.45, 2.75) is 6.92 Å². The van der Waals surface area contributed by atoms with Gasteiger partial charge in [-0.3, -0.25) is 4.79 Å². The second kappa shape index (κ2) is 4.97. The average molecular weight is 257 g/mol. The normalized spacial score (nSPS) is 10.2. The second-order valence-corrected chi connectivity index (χ2v) is 4.17. The molecule has 0 saturated heterocycles. The largest absolute Gasteiger partial charge is 0.497 e. The van der Waals surface area contributed by atoms with Crippen molar-refractivity contribution in [2.75, 3.05) is 18.6 Å². The number of nitrogens with two attached hydrogens (primary N) is 2. The highest BCUT2D eigenvalue weighted by Crippen LogP contribution is 2.25. The van der Waals surface area contributed by atoms with Crippen LogP contribution in [0.2, 0.25) is 0 Å². The summed E-state index contributed by atoms with van der Waals surface area (Å²) in [5.41, 5.74) is 13.5. The SMILES string of the molecule is COc1ccc(N)c(C(=O)c2c(C)ccnc2N)c1. The first kappa shape index (κ1) is 12.9. The molecular weight excluding hydrogens is 242 g/mol. The van der Waals surface area contributed by atoms with E-state index in [0.717, 1.165) is 5.56 Å². The Hall–Kier alpha value is -2.56. The summed E-state index contributed by atoms with van der Waals surface area (Å²) in [6.07, 6.45) is 1.57. The van der Waals surface area contributed by atoms with Gasteiger partial charge in [-0.05, 0) is 36.8 Å². The van der Waals surface area contributed by atoms with E-state index in [9.17, 15) is 4.79 Å². The van der Waals surface area contributed by atoms with Crippen LogP contribution < -0.4 is 16.2 Å². The van der Waals surface area contributed by atoms with Crippen molar-refractivity contribution in [1.82, 2.24) is 4.98 Å². The highest BCUT2D eigenvalue weighted by atomic mass is 16.5. The van der Waals surface area contributed by atoms with E-state index < -0.39 is 0 Å². The zero-order valence-electron chi connectivity index (χ0n) is 10.8. The van der Waals surface area contributed by atoms with Crippen LogP contribution in [0, 0.1) is 6.92 Å². The lowest BCUT2D eigenvalue weighted by molar-refractivity contribution is 0.103. The summed E-state index contributed by atoms with van der Waals surface area (Å²) >= 11 is 0. The molecule has 0 atom stereocenters. The van der Waals surface area contributed by atoms with E-state index in [4.69, 9.17) is 16.2 Å². The van der Waals surface area contributed by atoms with Gasteiger partial charge in [0.15, 0.2) is 5.78 Å². The van der Waals surface area contributed by atoms with E-state index in [1.165, 1.54) is 7.11 Å². The number of nitrogen functional groups attached to an aromatic ring is 2. The number of methoxy groups -OCH3 is 1. The molecule has 0 spiro atoms. The van der Waals surface area contributed by atoms with E-state index in [1.54, 1.807) is 30.5 Å². The summed E-state index contributed by atoms with van der Waals surface area (Å²) in [4.78, 5) is 16.5. The molecule has 0 bridgehead atoms. The predicted molar refractivity (Wildman–Crippen MR) is 74.2 cm³/mol. The minimum atomic E-state index is -0.250. The lowest BCUT2D eigenvalue weighted by Gasteiger charge is -2.10. The molecule has 1 heterocycles. The number of carbonyl (C=O) groups is 1. The predicted octanol–water partition coefficient (Wildman–Crippen LogP) is 1.79. The van der Waals surface area contributed by atoms with Crippen molar-refractivity contribution in [2.24, 2.45) is 0 Å². The number of anilines is 2. The minimum absolute atomic E-state index is 0.201. The van der Waals surface area contributed by atoms with Gasteiger partial charge in [-0.1, -0.05) is 0 Å². The lowest BCUT2D eigenvalue weighted by atomic mass is 9.98. The topological polar surface area (TPSA) is 91.2 Å². The number of nitrogens with zero attached hydrogens (tertiary/aromatic N) is 1. The number of hydrogen-bond donors (Lipinski definition) is 2. The molecule has 0 aliphatic heterocycles. The zero-order chi connectivity index (χ0) is 14.0. The van der Waals surface area contributed by atoms with Crippen molar-refractivity contribution in [3.8, 4) is 5.75 Å². The van der Waals surface area contributed by atoms with Crippen molar-refractivity contribution in [3.63, 3.8) is 0 Å². The van der Waals surface area contributed by atoms with Crippen LogP contribution in [0.25, 0.3) is 0 Å². The van der Waals surface area contributed by atoms with Gasteiger partial charge < -0.3 is 16.2 Å². The number of benzene rings is 1. The molecule has 0 aliphatic rings. The van der Waals surface area contributed by atoms with E-state index in [2.05, 4.69) is 4.98 Å². The van der Waals surface area contributed by atoms with Crippen LogP contribution in [0.3, 0.4) is 0 Å². The molecule has 2 aromatic rings. The summed E-state index contributed by atoms with van der Waals surface area (Å²) in [5, 5.41) is 0. The average Bonchev–Trinajstić information content (AvgIpc) is 2.39. The van der Waals surface area contributed by atoms with Crippen LogP contribution in [0.15, 0.2) is 30.5 Å². The fourth-order valence-electron chi connectivity index (χ4n) is 1.87. The van der Waals surface area contributed by atoms with E-state index in [1.807, 2.05) is 6.92 Å². The summed E-state index contributed by atoms with van der Waals surface area (Å²) in [7, 11) is 1.53. The van der Waals surface area contributed by atoms with Gasteiger partial charge in [-0.15, -0.1) is 0 Å². The van der Waals surface area contributed by atoms with Gasteiger partial charge in [0, 0.05) is 17.4 Å². The highest BCUT2D eigenvalue weighted by molar-refractivity contribution is 6.15. The third kappa shape index (κ3) is 2.35. The van der Waals surface area contributed by atoms with Gasteiger partial charge in [0.25, 0.3) is 0 Å². The van der Waals surface area contributed by atoms with Gasteiger partial charge in [-0.25, -0.2) is 4.98 Å². The maximum atomic E-state index is 12.5. The van der Waals surface area contributed by atoms with E-state index in [0.29, 0.717) is 22.6 Å². The second-order valence-electron chi connectivity index (χ2n) is 4.17. The Morgan fingerprint density at radius 1 is 1.26 bits per heavy atom. The first-order chi connectivity index (χ1) is 9.04. The van der Waals surface area contributed by atoms with Crippen molar-refractivity contribution in [1.29, 1.82) is 0 Å². The Balaban J connectivity index is 2.56. The number of ether oxygens (including phenoxy) is 1. The molecule has 2 rings (SSSR count). The molecule has 98 valence electrons. The Kier molecular flexibility index (Phi) is 3.37. The van der Waals surface area contributed by atoms with Gasteiger partial charge in [0.1, 0.15) is 11.6 Å². The van der Waals surface area contributed by atoms with Crippen molar-refractivity contribution in [3.05, 3.63) is 47.2 Å². The monoisotopic (exact) mass is 257 g/mol. The van der Waals surface area contributed by atoms with Crippen LogP contribution in [0.1, 0.15) is 21.5 Å². The van der Waals surface area contributed by atoms with E-state index in [-0.39, 0.29) is 11.6 Å². The van der Waals surface area contributed by atoms with Crippen LogP contribution >= 0.6 is 0 Å². The van der Waals surface area contributed by atoms with Crippen LogP contribution in [0.4, 0.5) is 11.5 Å². The number of pyridine rings is 1. The number of aromatic nitrogens is 1. The number of aryl methyl sites for hydroxylation is 1. The van der Waals surface area contributed by atoms with Gasteiger partial charge in [0.05, 0.1) is 12.7 Å². The quantitative estimate of drug-likeness (QED) is 0.646. The van der Waals surface area contributed by atoms with Crippen molar-refractivity contribution >= 4 is 17.3 Å². The molecule has 0 fully saturated rings. The maximum Gasteiger partial charge on any atom is 0.199 e. The number of hydrogen-bond acceptors (Lipinski definition) is 5. The first-order valence-corrected chi connectivity index (χ1v) is 5.74. The minimum Gasteiger partial charge on any atom is -0.497 e. The Morgan fingerprint density at radius 3 is 2.63 bits per heavy atom. The lowest BCUT2D eigenvalue weighted by Crippen LogP contribution is -2.11. The standard InChI is InChI=1S/C14H15N3O2/c1-8-5-6-17-14(16)12(8)13(18)10-7-9(19-2)3-4-11(10)15/h3-7H,15H2,1-2H3,(H2,16,17). The molecule has 0 radical (unpaired) electrons. The van der Waals surface area contributed by atoms with E-state index >= 15 is 0 Å². The molecule has 5 nitrogen and oxygen atoms in total. The molecule has 1 aromatic carbocycles. The zero-order valence-corrected chi connectivity index (χ0v) is 10.8. The summed E-state index contributed by atoms with van der Waals surface area (Å²) in [5.74, 6) is 0.518. The molecule has 19 heavy (non-hydrogen) atoms. The molecule has 0 amide bonds. The summed E-state index contributed by atoms with van der Waals surface area (Å²) in [6.45, 7) is 1.81. The van der Waals surface area contributed by atoms with Crippen LogP contribution in [-0.4, -0.2) is 17.9 Å². The smallest absolute Gasteiger partial charge is 0.199 e. The number of rotatable bonds is 3. The molecule has 0 aliphatic carbocycles. The fourth-order valence-corrected chi connectivity index (χ4v) is 1.87. The van der Waals surface area contributed by atoms with Crippen LogP contribution in [-0.2, 0) is 0 Å². The number of carbonyl (C=O) groups excluding carboxylic acids is 1. The van der Waals surface area contributed by atoms with Crippen LogP contribution in [0.5, 0.6) is 5.75 Å². The third-order valence-electron chi connectivity index (χ3n) is 2.92.